The van der Waals surface area contributed by atoms with Crippen LogP contribution in [0.4, 0.5) is 4.79 Å². The topological polar surface area (TPSA) is 61.4 Å². The van der Waals surface area contributed by atoms with Gasteiger partial charge in [-0.05, 0) is 33.0 Å². The van der Waals surface area contributed by atoms with Gasteiger partial charge in [-0.1, -0.05) is 30.3 Å². The van der Waals surface area contributed by atoms with Gasteiger partial charge in [0.2, 0.25) is 0 Å². The van der Waals surface area contributed by atoms with Crippen LogP contribution in [-0.4, -0.2) is 31.3 Å². The highest BCUT2D eigenvalue weighted by Crippen LogP contribution is 2.02. The van der Waals surface area contributed by atoms with Crippen LogP contribution in [0.2, 0.25) is 0 Å². The van der Waals surface area contributed by atoms with Crippen LogP contribution in [0.1, 0.15) is 12.5 Å². The molecule has 1 aromatic rings. The monoisotopic (exact) mass is 224 g/mol. The summed E-state index contributed by atoms with van der Waals surface area (Å²) in [5.41, 5.74) is 1.14. The Bertz CT molecular complexity index is 288. The third-order valence-electron chi connectivity index (χ3n) is 1.75. The van der Waals surface area contributed by atoms with Gasteiger partial charge in [-0.2, -0.15) is 0 Å². The van der Waals surface area contributed by atoms with Gasteiger partial charge in [-0.25, -0.2) is 4.79 Å². The zero-order chi connectivity index (χ0) is 12.4. The molecule has 4 heteroatoms. The van der Waals surface area contributed by atoms with Crippen molar-refractivity contribution in [1.82, 2.24) is 10.6 Å². The molecule has 1 atom stereocenters. The summed E-state index contributed by atoms with van der Waals surface area (Å²) in [5, 5.41) is 13.6. The van der Waals surface area contributed by atoms with E-state index >= 15 is 0 Å². The normalized spacial score (nSPS) is 10.9. The Morgan fingerprint density at radius 3 is 2.25 bits per heavy atom. The van der Waals surface area contributed by atoms with Crippen LogP contribution in [-0.2, 0) is 6.42 Å². The fourth-order valence-electron chi connectivity index (χ4n) is 1.23. The van der Waals surface area contributed by atoms with Crippen molar-refractivity contribution in [2.75, 3.05) is 14.1 Å². The van der Waals surface area contributed by atoms with Crippen LogP contribution >= 0.6 is 0 Å². The standard InChI is InChI=1S/C10H13NO2.C2H7N/c1-8(11-10(12)13)7-9-5-3-2-4-6-9;1-3-2/h2-6,8,11H,7H2,1H3,(H,12,13);3H,1-2H3. The molecule has 1 aromatic carbocycles. The minimum atomic E-state index is -0.969. The molecule has 1 amide bonds. The summed E-state index contributed by atoms with van der Waals surface area (Å²) in [6, 6.07) is 9.77. The van der Waals surface area contributed by atoms with Gasteiger partial charge in [0.25, 0.3) is 0 Å². The molecule has 3 N–H and O–H groups in total. The molecule has 0 aromatic heterocycles. The number of carboxylic acid groups (broad SMARTS) is 1. The molecule has 0 bridgehead atoms. The van der Waals surface area contributed by atoms with Crippen molar-refractivity contribution in [1.29, 1.82) is 0 Å². The molecule has 0 saturated heterocycles. The van der Waals surface area contributed by atoms with E-state index in [1.165, 1.54) is 0 Å². The maximum absolute atomic E-state index is 10.3. The minimum absolute atomic E-state index is 0.0418. The lowest BCUT2D eigenvalue weighted by Gasteiger charge is -2.10. The third kappa shape index (κ3) is 7.82. The Balaban J connectivity index is 0.000000673. The molecular weight excluding hydrogens is 204 g/mol. The smallest absolute Gasteiger partial charge is 0.404 e. The summed E-state index contributed by atoms with van der Waals surface area (Å²) < 4.78 is 0. The lowest BCUT2D eigenvalue weighted by molar-refractivity contribution is 0.190. The van der Waals surface area contributed by atoms with Crippen LogP contribution in [0.3, 0.4) is 0 Å². The number of hydrogen-bond acceptors (Lipinski definition) is 2. The number of carbonyl (C=O) groups is 1. The Labute approximate surface area is 96.7 Å². The van der Waals surface area contributed by atoms with Crippen LogP contribution in [0, 0.1) is 0 Å². The first-order valence-corrected chi connectivity index (χ1v) is 5.22. The van der Waals surface area contributed by atoms with Gasteiger partial charge >= 0.3 is 6.09 Å². The van der Waals surface area contributed by atoms with Crippen molar-refractivity contribution in [3.8, 4) is 0 Å². The minimum Gasteiger partial charge on any atom is -0.465 e. The molecule has 0 fully saturated rings. The summed E-state index contributed by atoms with van der Waals surface area (Å²) in [4.78, 5) is 10.3. The van der Waals surface area contributed by atoms with E-state index in [0.29, 0.717) is 0 Å². The van der Waals surface area contributed by atoms with Crippen molar-refractivity contribution < 1.29 is 9.90 Å². The zero-order valence-electron chi connectivity index (χ0n) is 10.0. The first-order chi connectivity index (χ1) is 7.60. The molecule has 1 unspecified atom stereocenters. The van der Waals surface area contributed by atoms with Gasteiger partial charge in [0.05, 0.1) is 0 Å². The number of nitrogens with one attached hydrogen (secondary N) is 2. The van der Waals surface area contributed by atoms with E-state index < -0.39 is 6.09 Å². The summed E-state index contributed by atoms with van der Waals surface area (Å²) >= 11 is 0. The first-order valence-electron chi connectivity index (χ1n) is 5.22. The predicted molar refractivity (Wildman–Crippen MR) is 65.8 cm³/mol. The second kappa shape index (κ2) is 8.73. The number of amides is 1. The number of benzene rings is 1. The highest BCUT2D eigenvalue weighted by atomic mass is 16.4. The molecule has 1 rings (SSSR count). The zero-order valence-corrected chi connectivity index (χ0v) is 10.0. The van der Waals surface area contributed by atoms with Gasteiger partial charge < -0.3 is 15.7 Å². The van der Waals surface area contributed by atoms with E-state index in [9.17, 15) is 4.79 Å². The largest absolute Gasteiger partial charge is 0.465 e. The molecule has 0 aliphatic carbocycles. The first kappa shape index (κ1) is 14.5. The lowest BCUT2D eigenvalue weighted by Crippen LogP contribution is -2.32. The summed E-state index contributed by atoms with van der Waals surface area (Å²) in [5.74, 6) is 0. The average Bonchev–Trinajstić information content (AvgIpc) is 2.18. The molecule has 0 radical (unpaired) electrons. The van der Waals surface area contributed by atoms with E-state index in [4.69, 9.17) is 5.11 Å². The molecule has 0 aliphatic heterocycles. The van der Waals surface area contributed by atoms with Crippen molar-refractivity contribution in [3.05, 3.63) is 35.9 Å². The Morgan fingerprint density at radius 1 is 1.31 bits per heavy atom. The van der Waals surface area contributed by atoms with E-state index in [-0.39, 0.29) is 6.04 Å². The van der Waals surface area contributed by atoms with Gasteiger partial charge in [0.15, 0.2) is 0 Å². The molecule has 0 aliphatic rings. The van der Waals surface area contributed by atoms with Crippen LogP contribution in [0.15, 0.2) is 30.3 Å². The van der Waals surface area contributed by atoms with E-state index in [2.05, 4.69) is 10.6 Å². The fourth-order valence-corrected chi connectivity index (χ4v) is 1.23. The molecule has 0 saturated carbocycles. The third-order valence-corrected chi connectivity index (χ3v) is 1.75. The van der Waals surface area contributed by atoms with Gasteiger partial charge in [0, 0.05) is 6.04 Å². The molecule has 0 heterocycles. The van der Waals surface area contributed by atoms with Crippen molar-refractivity contribution in [2.24, 2.45) is 0 Å². The van der Waals surface area contributed by atoms with E-state index in [1.54, 1.807) is 0 Å². The van der Waals surface area contributed by atoms with Gasteiger partial charge in [-0.3, -0.25) is 0 Å². The lowest BCUT2D eigenvalue weighted by atomic mass is 10.1. The average molecular weight is 224 g/mol. The summed E-state index contributed by atoms with van der Waals surface area (Å²) in [7, 11) is 3.75. The van der Waals surface area contributed by atoms with E-state index in [0.717, 1.165) is 12.0 Å². The van der Waals surface area contributed by atoms with Crippen molar-refractivity contribution >= 4 is 6.09 Å². The van der Waals surface area contributed by atoms with Gasteiger partial charge in [-0.15, -0.1) is 0 Å². The highest BCUT2D eigenvalue weighted by Gasteiger charge is 2.04. The molecule has 90 valence electrons. The van der Waals surface area contributed by atoms with Crippen LogP contribution in [0.25, 0.3) is 0 Å². The second-order valence-corrected chi connectivity index (χ2v) is 3.54. The van der Waals surface area contributed by atoms with Crippen molar-refractivity contribution in [2.45, 2.75) is 19.4 Å². The van der Waals surface area contributed by atoms with Crippen LogP contribution < -0.4 is 10.6 Å². The Morgan fingerprint density at radius 2 is 1.81 bits per heavy atom. The maximum atomic E-state index is 10.3. The van der Waals surface area contributed by atoms with Crippen LogP contribution in [0.5, 0.6) is 0 Å². The summed E-state index contributed by atoms with van der Waals surface area (Å²) in [6.07, 6.45) is -0.240. The molecule has 0 spiro atoms. The SMILES string of the molecule is CC(Cc1ccccc1)NC(=O)O.CNC. The molecule has 4 nitrogen and oxygen atoms in total. The highest BCUT2D eigenvalue weighted by molar-refractivity contribution is 5.64. The quantitative estimate of drug-likeness (QED) is 0.732. The van der Waals surface area contributed by atoms with E-state index in [1.807, 2.05) is 51.4 Å². The molecule has 16 heavy (non-hydrogen) atoms. The van der Waals surface area contributed by atoms with Gasteiger partial charge in [0.1, 0.15) is 0 Å². The summed E-state index contributed by atoms with van der Waals surface area (Å²) in [6.45, 7) is 1.85. The maximum Gasteiger partial charge on any atom is 0.404 e. The predicted octanol–water partition coefficient (Wildman–Crippen LogP) is 1.72. The number of rotatable bonds is 3. The Kier molecular flexibility index (Phi) is 7.89. The molecular formula is C12H20N2O2. The number of hydrogen-bond donors (Lipinski definition) is 3. The fraction of sp³-hybridized carbons (Fsp3) is 0.417. The van der Waals surface area contributed by atoms with Crippen molar-refractivity contribution in [3.63, 3.8) is 0 Å². The Hall–Kier alpha value is -1.55. The second-order valence-electron chi connectivity index (χ2n) is 3.54.